The number of benzene rings is 1. The topological polar surface area (TPSA) is 92.1 Å². The molecular formula is C21H21N3O3S. The summed E-state index contributed by atoms with van der Waals surface area (Å²) in [5.74, 6) is 0.566. The van der Waals surface area contributed by atoms with Gasteiger partial charge in [-0.05, 0) is 30.0 Å². The van der Waals surface area contributed by atoms with Crippen molar-refractivity contribution in [3.63, 3.8) is 0 Å². The Bertz CT molecular complexity index is 979. The molecule has 0 bridgehead atoms. The Hall–Kier alpha value is -2.85. The van der Waals surface area contributed by atoms with Gasteiger partial charge in [0.2, 0.25) is 5.91 Å². The molecule has 0 radical (unpaired) electrons. The Morgan fingerprint density at radius 3 is 2.86 bits per heavy atom. The van der Waals surface area contributed by atoms with E-state index < -0.39 is 0 Å². The van der Waals surface area contributed by atoms with Crippen LogP contribution < -0.4 is 10.1 Å². The van der Waals surface area contributed by atoms with Crippen LogP contribution in [0.2, 0.25) is 0 Å². The second-order valence-corrected chi connectivity index (χ2v) is 8.42. The van der Waals surface area contributed by atoms with E-state index >= 15 is 0 Å². The lowest BCUT2D eigenvalue weighted by atomic mass is 9.75. The summed E-state index contributed by atoms with van der Waals surface area (Å²) in [4.78, 5) is 29.2. The molecule has 1 aromatic heterocycles. The van der Waals surface area contributed by atoms with Gasteiger partial charge in [-0.1, -0.05) is 31.7 Å². The molecule has 1 amide bonds. The van der Waals surface area contributed by atoms with E-state index in [1.165, 1.54) is 11.8 Å². The van der Waals surface area contributed by atoms with E-state index in [0.717, 1.165) is 0 Å². The van der Waals surface area contributed by atoms with Gasteiger partial charge in [-0.15, -0.1) is 0 Å². The Morgan fingerprint density at radius 1 is 1.36 bits per heavy atom. The first-order valence-electron chi connectivity index (χ1n) is 8.85. The average Bonchev–Trinajstić information content (AvgIpc) is 2.65. The second kappa shape index (κ2) is 8.03. The maximum Gasteiger partial charge on any atom is 0.234 e. The number of hydrogen-bond donors (Lipinski definition) is 1. The maximum absolute atomic E-state index is 12.4. The number of carbonyl (C=O) groups is 2. The van der Waals surface area contributed by atoms with Crippen LogP contribution in [0.15, 0.2) is 35.4 Å². The quantitative estimate of drug-likeness (QED) is 0.773. The number of Topliss-reactive ketones (excluding diaryl/α,β-unsaturated/α-hetero) is 1. The van der Waals surface area contributed by atoms with Crippen molar-refractivity contribution in [3.8, 4) is 11.8 Å². The Kier molecular flexibility index (Phi) is 5.71. The third-order valence-corrected chi connectivity index (χ3v) is 5.46. The van der Waals surface area contributed by atoms with Gasteiger partial charge < -0.3 is 10.1 Å². The van der Waals surface area contributed by atoms with Crippen LogP contribution in [0.25, 0.3) is 0 Å². The molecule has 0 aliphatic heterocycles. The van der Waals surface area contributed by atoms with Crippen LogP contribution in [-0.4, -0.2) is 29.5 Å². The van der Waals surface area contributed by atoms with E-state index in [2.05, 4.69) is 16.4 Å². The number of carbonyl (C=O) groups excluding carboxylic acids is 2. The van der Waals surface area contributed by atoms with Crippen molar-refractivity contribution >= 4 is 29.1 Å². The highest BCUT2D eigenvalue weighted by molar-refractivity contribution is 8.00. The van der Waals surface area contributed by atoms with E-state index in [9.17, 15) is 14.9 Å². The SMILES string of the molecule is COc1cccc(NC(=O)CSc2nc3c(cc2C#N)C(=O)CC(C)(C)C3)c1. The Balaban J connectivity index is 1.74. The molecule has 2 aromatic rings. The van der Waals surface area contributed by atoms with Gasteiger partial charge in [-0.2, -0.15) is 5.26 Å². The number of amides is 1. The van der Waals surface area contributed by atoms with Crippen LogP contribution in [0.4, 0.5) is 5.69 Å². The lowest BCUT2D eigenvalue weighted by Crippen LogP contribution is -2.28. The number of methoxy groups -OCH3 is 1. The van der Waals surface area contributed by atoms with E-state index in [0.29, 0.717) is 46.1 Å². The summed E-state index contributed by atoms with van der Waals surface area (Å²) in [7, 11) is 1.56. The third-order valence-electron chi connectivity index (χ3n) is 4.47. The molecule has 1 aromatic carbocycles. The lowest BCUT2D eigenvalue weighted by Gasteiger charge is -2.29. The van der Waals surface area contributed by atoms with Crippen molar-refractivity contribution in [2.24, 2.45) is 5.41 Å². The number of nitrogens with one attached hydrogen (secondary N) is 1. The molecule has 1 aliphatic carbocycles. The first-order valence-corrected chi connectivity index (χ1v) is 9.84. The van der Waals surface area contributed by atoms with Crippen LogP contribution in [0.3, 0.4) is 0 Å². The Labute approximate surface area is 168 Å². The zero-order chi connectivity index (χ0) is 20.3. The maximum atomic E-state index is 12.4. The number of rotatable bonds is 5. The molecule has 6 nitrogen and oxygen atoms in total. The van der Waals surface area contributed by atoms with Crippen LogP contribution in [0, 0.1) is 16.7 Å². The fourth-order valence-corrected chi connectivity index (χ4v) is 3.95. The number of aromatic nitrogens is 1. The summed E-state index contributed by atoms with van der Waals surface area (Å²) in [6.45, 7) is 4.06. The van der Waals surface area contributed by atoms with Crippen molar-refractivity contribution in [1.29, 1.82) is 5.26 Å². The predicted molar refractivity (Wildman–Crippen MR) is 108 cm³/mol. The first-order chi connectivity index (χ1) is 13.3. The van der Waals surface area contributed by atoms with Gasteiger partial charge in [-0.25, -0.2) is 4.98 Å². The number of ether oxygens (including phenoxy) is 1. The normalized spacial score (nSPS) is 14.7. The number of nitrogens with zero attached hydrogens (tertiary/aromatic N) is 2. The molecule has 3 rings (SSSR count). The Morgan fingerprint density at radius 2 is 2.14 bits per heavy atom. The molecule has 7 heteroatoms. The molecule has 0 saturated heterocycles. The van der Waals surface area contributed by atoms with Crippen LogP contribution in [0.1, 0.15) is 41.9 Å². The molecule has 1 aliphatic rings. The number of nitriles is 1. The standard InChI is InChI=1S/C21H21N3O3S/c1-21(2)9-17-16(18(25)10-21)7-13(11-22)20(24-17)28-12-19(26)23-14-5-4-6-15(8-14)27-3/h4-8H,9-10,12H2,1-3H3,(H,23,26). The number of anilines is 1. The summed E-state index contributed by atoms with van der Waals surface area (Å²) in [5.41, 5.74) is 2.04. The van der Waals surface area contributed by atoms with Gasteiger partial charge in [0, 0.05) is 23.7 Å². The van der Waals surface area contributed by atoms with Gasteiger partial charge in [0.25, 0.3) is 0 Å². The molecule has 0 saturated carbocycles. The number of pyridine rings is 1. The lowest BCUT2D eigenvalue weighted by molar-refractivity contribution is -0.113. The van der Waals surface area contributed by atoms with Crippen molar-refractivity contribution < 1.29 is 14.3 Å². The first kappa shape index (κ1) is 19.9. The number of fused-ring (bicyclic) bond motifs is 1. The average molecular weight is 395 g/mol. The number of hydrogen-bond acceptors (Lipinski definition) is 6. The van der Waals surface area contributed by atoms with Crippen molar-refractivity contribution in [2.75, 3.05) is 18.2 Å². The minimum atomic E-state index is -0.210. The molecule has 0 unspecified atom stereocenters. The van der Waals surface area contributed by atoms with Crippen LogP contribution >= 0.6 is 11.8 Å². The monoisotopic (exact) mass is 395 g/mol. The molecule has 1 heterocycles. The highest BCUT2D eigenvalue weighted by atomic mass is 32.2. The fourth-order valence-electron chi connectivity index (χ4n) is 3.18. The zero-order valence-electron chi connectivity index (χ0n) is 16.0. The molecule has 0 atom stereocenters. The van der Waals surface area contributed by atoms with Crippen LogP contribution in [0.5, 0.6) is 5.75 Å². The predicted octanol–water partition coefficient (Wildman–Crippen LogP) is 3.85. The number of ketones is 1. The van der Waals surface area contributed by atoms with Gasteiger partial charge >= 0.3 is 0 Å². The largest absolute Gasteiger partial charge is 0.497 e. The van der Waals surface area contributed by atoms with E-state index in [1.807, 2.05) is 13.8 Å². The molecule has 1 N–H and O–H groups in total. The molecule has 0 spiro atoms. The van der Waals surface area contributed by atoms with Gasteiger partial charge in [0.05, 0.1) is 24.1 Å². The summed E-state index contributed by atoms with van der Waals surface area (Å²) >= 11 is 1.19. The van der Waals surface area contributed by atoms with Gasteiger partial charge in [0.1, 0.15) is 16.8 Å². The molecule has 144 valence electrons. The number of thioether (sulfide) groups is 1. The van der Waals surface area contributed by atoms with Crippen molar-refractivity contribution in [2.45, 2.75) is 31.7 Å². The van der Waals surface area contributed by atoms with Crippen molar-refractivity contribution in [3.05, 3.63) is 47.2 Å². The second-order valence-electron chi connectivity index (χ2n) is 7.46. The summed E-state index contributed by atoms with van der Waals surface area (Å²) in [6, 6.07) is 10.8. The van der Waals surface area contributed by atoms with E-state index in [1.54, 1.807) is 37.4 Å². The zero-order valence-corrected chi connectivity index (χ0v) is 16.9. The minimum Gasteiger partial charge on any atom is -0.497 e. The summed E-state index contributed by atoms with van der Waals surface area (Å²) < 4.78 is 5.14. The van der Waals surface area contributed by atoms with E-state index in [4.69, 9.17) is 4.74 Å². The fraction of sp³-hybridized carbons (Fsp3) is 0.333. The molecular weight excluding hydrogens is 374 g/mol. The molecule has 0 fully saturated rings. The van der Waals surface area contributed by atoms with Crippen molar-refractivity contribution in [1.82, 2.24) is 4.98 Å². The smallest absolute Gasteiger partial charge is 0.234 e. The minimum absolute atomic E-state index is 0.0163. The van der Waals surface area contributed by atoms with E-state index in [-0.39, 0.29) is 22.9 Å². The highest BCUT2D eigenvalue weighted by Crippen LogP contribution is 2.36. The highest BCUT2D eigenvalue weighted by Gasteiger charge is 2.32. The summed E-state index contributed by atoms with van der Waals surface area (Å²) in [5, 5.41) is 12.7. The third kappa shape index (κ3) is 4.52. The van der Waals surface area contributed by atoms with Gasteiger partial charge in [0.15, 0.2) is 5.78 Å². The van der Waals surface area contributed by atoms with Crippen LogP contribution in [-0.2, 0) is 11.2 Å². The summed E-state index contributed by atoms with van der Waals surface area (Å²) in [6.07, 6.45) is 1.12. The van der Waals surface area contributed by atoms with Gasteiger partial charge in [-0.3, -0.25) is 9.59 Å². The molecule has 28 heavy (non-hydrogen) atoms.